The molecule has 0 bridgehead atoms. The molecule has 1 aromatic rings. The van der Waals surface area contributed by atoms with Gasteiger partial charge in [-0.15, -0.1) is 0 Å². The van der Waals surface area contributed by atoms with Gasteiger partial charge in [0.25, 0.3) is 0 Å². The predicted octanol–water partition coefficient (Wildman–Crippen LogP) is 3.77. The van der Waals surface area contributed by atoms with Gasteiger partial charge in [-0.2, -0.15) is 0 Å². The topological polar surface area (TPSA) is 33.7 Å². The molecule has 1 N–H and O–H groups in total. The fourth-order valence-electron chi connectivity index (χ4n) is 4.06. The van der Waals surface area contributed by atoms with Crippen molar-refractivity contribution in [2.24, 2.45) is 0 Å². The van der Waals surface area contributed by atoms with Gasteiger partial charge < -0.3 is 19.7 Å². The number of benzene rings is 1. The van der Waals surface area contributed by atoms with Gasteiger partial charge in [0, 0.05) is 31.0 Å². The Balaban J connectivity index is 1.50. The summed E-state index contributed by atoms with van der Waals surface area (Å²) in [5.74, 6) is 0.980. The van der Waals surface area contributed by atoms with Gasteiger partial charge in [-0.05, 0) is 58.0 Å². The third-order valence-electron chi connectivity index (χ3n) is 5.71. The summed E-state index contributed by atoms with van der Waals surface area (Å²) in [7, 11) is 4.40. The molecule has 0 aromatic heterocycles. The third-order valence-corrected chi connectivity index (χ3v) is 5.71. The lowest BCUT2D eigenvalue weighted by molar-refractivity contribution is 0.0255. The number of nitrogens with one attached hydrogen (secondary N) is 1. The molecule has 1 aromatic carbocycles. The molecule has 4 nitrogen and oxygen atoms in total. The standard InChI is InChI=1S/C21H34N2O2/c1-16(22-18-5-4-6-19(15-18)23(2)3)17-7-9-20(10-8-17)25-21-11-13-24-14-12-21/h7-10,16,18-19,21-22H,4-6,11-15H2,1-3H3/t16-,18-,19-/m0/s1. The minimum Gasteiger partial charge on any atom is -0.490 e. The minimum absolute atomic E-state index is 0.306. The highest BCUT2D eigenvalue weighted by molar-refractivity contribution is 5.29. The molecule has 1 saturated heterocycles. The van der Waals surface area contributed by atoms with Crippen LogP contribution in [-0.2, 0) is 4.74 Å². The molecule has 1 aliphatic heterocycles. The van der Waals surface area contributed by atoms with Crippen LogP contribution >= 0.6 is 0 Å². The Kier molecular flexibility index (Phi) is 6.74. The van der Waals surface area contributed by atoms with E-state index in [0.717, 1.165) is 31.8 Å². The lowest BCUT2D eigenvalue weighted by Crippen LogP contribution is -2.42. The third kappa shape index (κ3) is 5.44. The molecule has 2 fully saturated rings. The van der Waals surface area contributed by atoms with Crippen molar-refractivity contribution < 1.29 is 9.47 Å². The van der Waals surface area contributed by atoms with E-state index in [9.17, 15) is 0 Å². The van der Waals surface area contributed by atoms with Crippen molar-refractivity contribution in [3.63, 3.8) is 0 Å². The molecule has 140 valence electrons. The normalized spacial score (nSPS) is 26.6. The summed E-state index contributed by atoms with van der Waals surface area (Å²) in [5.41, 5.74) is 1.34. The number of hydrogen-bond acceptors (Lipinski definition) is 4. The lowest BCUT2D eigenvalue weighted by Gasteiger charge is -2.35. The average molecular weight is 347 g/mol. The van der Waals surface area contributed by atoms with Crippen LogP contribution in [0.2, 0.25) is 0 Å². The van der Waals surface area contributed by atoms with Crippen LogP contribution in [0, 0.1) is 0 Å². The summed E-state index contributed by atoms with van der Waals surface area (Å²) in [6.07, 6.45) is 7.49. The van der Waals surface area contributed by atoms with Crippen LogP contribution in [0.3, 0.4) is 0 Å². The Hall–Kier alpha value is -1.10. The first-order valence-corrected chi connectivity index (χ1v) is 9.88. The molecule has 1 saturated carbocycles. The summed E-state index contributed by atoms with van der Waals surface area (Å²) >= 11 is 0. The Morgan fingerprint density at radius 3 is 2.48 bits per heavy atom. The van der Waals surface area contributed by atoms with Gasteiger partial charge in [0.05, 0.1) is 13.2 Å². The first-order valence-electron chi connectivity index (χ1n) is 9.88. The zero-order chi connectivity index (χ0) is 17.6. The fourth-order valence-corrected chi connectivity index (χ4v) is 4.06. The molecular weight excluding hydrogens is 312 g/mol. The van der Waals surface area contributed by atoms with Crippen molar-refractivity contribution in [3.8, 4) is 5.75 Å². The maximum absolute atomic E-state index is 6.07. The van der Waals surface area contributed by atoms with Crippen LogP contribution in [-0.4, -0.2) is 50.4 Å². The number of nitrogens with zero attached hydrogens (tertiary/aromatic N) is 1. The van der Waals surface area contributed by atoms with E-state index in [1.165, 1.54) is 31.2 Å². The van der Waals surface area contributed by atoms with Crippen molar-refractivity contribution in [3.05, 3.63) is 29.8 Å². The Labute approximate surface area is 152 Å². The zero-order valence-electron chi connectivity index (χ0n) is 16.0. The second-order valence-electron chi connectivity index (χ2n) is 7.87. The van der Waals surface area contributed by atoms with E-state index in [1.807, 2.05) is 0 Å². The quantitative estimate of drug-likeness (QED) is 0.850. The summed E-state index contributed by atoms with van der Waals surface area (Å²) in [5, 5.41) is 3.84. The summed E-state index contributed by atoms with van der Waals surface area (Å²) < 4.78 is 11.5. The number of ether oxygens (including phenoxy) is 2. The molecular formula is C21H34N2O2. The summed E-state index contributed by atoms with van der Waals surface area (Å²) in [4.78, 5) is 2.38. The molecule has 4 heteroatoms. The molecule has 1 heterocycles. The first-order chi connectivity index (χ1) is 12.1. The van der Waals surface area contributed by atoms with Gasteiger partial charge in [-0.3, -0.25) is 0 Å². The molecule has 0 radical (unpaired) electrons. The predicted molar refractivity (Wildman–Crippen MR) is 102 cm³/mol. The highest BCUT2D eigenvalue weighted by Gasteiger charge is 2.24. The van der Waals surface area contributed by atoms with E-state index in [4.69, 9.17) is 9.47 Å². The maximum atomic E-state index is 6.07. The van der Waals surface area contributed by atoms with Crippen LogP contribution < -0.4 is 10.1 Å². The van der Waals surface area contributed by atoms with Crippen molar-refractivity contribution in [1.82, 2.24) is 10.2 Å². The van der Waals surface area contributed by atoms with Gasteiger partial charge in [-0.25, -0.2) is 0 Å². The van der Waals surface area contributed by atoms with Crippen LogP contribution in [0.25, 0.3) is 0 Å². The van der Waals surface area contributed by atoms with Crippen LogP contribution in [0.5, 0.6) is 5.75 Å². The molecule has 3 atom stereocenters. The largest absolute Gasteiger partial charge is 0.490 e. The maximum Gasteiger partial charge on any atom is 0.119 e. The lowest BCUT2D eigenvalue weighted by atomic mass is 9.89. The fraction of sp³-hybridized carbons (Fsp3) is 0.714. The first kappa shape index (κ1) is 18.7. The SMILES string of the molecule is C[C@H](N[C@H]1CCC[C@H](N(C)C)C1)c1ccc(OC2CCOCC2)cc1. The highest BCUT2D eigenvalue weighted by Crippen LogP contribution is 2.25. The van der Waals surface area contributed by atoms with E-state index in [0.29, 0.717) is 24.2 Å². The van der Waals surface area contributed by atoms with Crippen LogP contribution in [0.15, 0.2) is 24.3 Å². The van der Waals surface area contributed by atoms with Crippen molar-refractivity contribution >= 4 is 0 Å². The second kappa shape index (κ2) is 9.02. The van der Waals surface area contributed by atoms with Gasteiger partial charge >= 0.3 is 0 Å². The van der Waals surface area contributed by atoms with E-state index in [1.54, 1.807) is 0 Å². The van der Waals surface area contributed by atoms with Crippen LogP contribution in [0.4, 0.5) is 0 Å². The van der Waals surface area contributed by atoms with Gasteiger partial charge in [-0.1, -0.05) is 18.6 Å². The smallest absolute Gasteiger partial charge is 0.119 e. The summed E-state index contributed by atoms with van der Waals surface area (Å²) in [6.45, 7) is 3.91. The second-order valence-corrected chi connectivity index (χ2v) is 7.87. The Morgan fingerprint density at radius 1 is 1.08 bits per heavy atom. The number of hydrogen-bond donors (Lipinski definition) is 1. The average Bonchev–Trinajstić information content (AvgIpc) is 2.63. The molecule has 25 heavy (non-hydrogen) atoms. The van der Waals surface area contributed by atoms with E-state index in [-0.39, 0.29) is 0 Å². The Bertz CT molecular complexity index is 511. The van der Waals surface area contributed by atoms with Crippen molar-refractivity contribution in [1.29, 1.82) is 0 Å². The van der Waals surface area contributed by atoms with Crippen molar-refractivity contribution in [2.75, 3.05) is 27.3 Å². The molecule has 1 aliphatic carbocycles. The monoisotopic (exact) mass is 346 g/mol. The number of rotatable bonds is 6. The Morgan fingerprint density at radius 2 is 1.80 bits per heavy atom. The molecule has 3 rings (SSSR count). The van der Waals surface area contributed by atoms with Gasteiger partial charge in [0.15, 0.2) is 0 Å². The highest BCUT2D eigenvalue weighted by atomic mass is 16.5. The minimum atomic E-state index is 0.306. The van der Waals surface area contributed by atoms with Crippen molar-refractivity contribution in [2.45, 2.75) is 69.7 Å². The molecule has 0 amide bonds. The molecule has 0 spiro atoms. The van der Waals surface area contributed by atoms with Gasteiger partial charge in [0.2, 0.25) is 0 Å². The summed E-state index contributed by atoms with van der Waals surface area (Å²) in [6, 6.07) is 10.4. The van der Waals surface area contributed by atoms with Gasteiger partial charge in [0.1, 0.15) is 11.9 Å². The molecule has 2 aliphatic rings. The van der Waals surface area contributed by atoms with Crippen LogP contribution in [0.1, 0.15) is 57.1 Å². The molecule has 0 unspecified atom stereocenters. The van der Waals surface area contributed by atoms with E-state index in [2.05, 4.69) is 55.5 Å². The van der Waals surface area contributed by atoms with E-state index >= 15 is 0 Å². The zero-order valence-corrected chi connectivity index (χ0v) is 16.0. The van der Waals surface area contributed by atoms with E-state index < -0.39 is 0 Å².